The van der Waals surface area contributed by atoms with Crippen LogP contribution in [-0.2, 0) is 11.3 Å². The van der Waals surface area contributed by atoms with Gasteiger partial charge in [0.2, 0.25) is 5.75 Å². The highest BCUT2D eigenvalue weighted by molar-refractivity contribution is 5.90. The van der Waals surface area contributed by atoms with Gasteiger partial charge in [0.05, 0.1) is 5.52 Å². The minimum Gasteiger partial charge on any atom is -0.485 e. The molecule has 6 nitrogen and oxygen atoms in total. The van der Waals surface area contributed by atoms with E-state index in [1.54, 1.807) is 22.8 Å². The van der Waals surface area contributed by atoms with Crippen LogP contribution in [0, 0.1) is 0 Å². The van der Waals surface area contributed by atoms with Gasteiger partial charge in [-0.2, -0.15) is 0 Å². The first-order chi connectivity index (χ1) is 14.7. The van der Waals surface area contributed by atoms with Gasteiger partial charge in [-0.3, -0.25) is 9.59 Å². The zero-order valence-electron chi connectivity index (χ0n) is 19.3. The van der Waals surface area contributed by atoms with Crippen LogP contribution in [0.2, 0.25) is 0 Å². The Morgan fingerprint density at radius 3 is 2.52 bits per heavy atom. The summed E-state index contributed by atoms with van der Waals surface area (Å²) in [6.07, 6.45) is 7.83. The SMILES string of the molecule is CCCCn1c(=O)c(OC(C)=O)c(OC/C=C(\C)CCC=C(C)C)c2ccc(N)cc21. The number of allylic oxidation sites excluding steroid dienone is 3. The quantitative estimate of drug-likeness (QED) is 0.313. The Morgan fingerprint density at radius 2 is 1.87 bits per heavy atom. The number of hydrogen-bond acceptors (Lipinski definition) is 5. The number of unbranched alkanes of at least 4 members (excludes halogenated alkanes) is 1. The number of fused-ring (bicyclic) bond motifs is 1. The molecular formula is C25H34N2O4. The lowest BCUT2D eigenvalue weighted by Gasteiger charge is -2.17. The minimum absolute atomic E-state index is 0.0727. The second kappa shape index (κ2) is 11.4. The number of aromatic nitrogens is 1. The molecule has 2 rings (SSSR count). The van der Waals surface area contributed by atoms with E-state index in [0.717, 1.165) is 25.7 Å². The third-order valence-corrected chi connectivity index (χ3v) is 4.93. The normalized spacial score (nSPS) is 11.5. The molecule has 2 N–H and O–H groups in total. The van der Waals surface area contributed by atoms with Gasteiger partial charge in [-0.25, -0.2) is 0 Å². The number of nitrogens with two attached hydrogens (primary N) is 1. The van der Waals surface area contributed by atoms with E-state index in [4.69, 9.17) is 15.2 Å². The number of anilines is 1. The Balaban J connectivity index is 2.47. The first kappa shape index (κ1) is 24.3. The Kier molecular flexibility index (Phi) is 8.91. The van der Waals surface area contributed by atoms with Crippen molar-refractivity contribution in [3.05, 3.63) is 51.9 Å². The van der Waals surface area contributed by atoms with Crippen molar-refractivity contribution in [1.29, 1.82) is 0 Å². The molecular weight excluding hydrogens is 392 g/mol. The van der Waals surface area contributed by atoms with Crippen molar-refractivity contribution in [1.82, 2.24) is 4.57 Å². The van der Waals surface area contributed by atoms with Crippen LogP contribution in [0.3, 0.4) is 0 Å². The molecule has 0 aliphatic carbocycles. The molecule has 0 saturated heterocycles. The highest BCUT2D eigenvalue weighted by Gasteiger charge is 2.21. The number of esters is 1. The van der Waals surface area contributed by atoms with E-state index in [1.807, 2.05) is 6.08 Å². The first-order valence-electron chi connectivity index (χ1n) is 10.8. The fourth-order valence-electron chi connectivity index (χ4n) is 3.29. The Morgan fingerprint density at radius 1 is 1.13 bits per heavy atom. The van der Waals surface area contributed by atoms with Crippen molar-refractivity contribution in [3.8, 4) is 11.5 Å². The summed E-state index contributed by atoms with van der Waals surface area (Å²) in [7, 11) is 0. The van der Waals surface area contributed by atoms with Crippen molar-refractivity contribution >= 4 is 22.6 Å². The fraction of sp³-hybridized carbons (Fsp3) is 0.440. The summed E-state index contributed by atoms with van der Waals surface area (Å²) in [6.45, 7) is 10.3. The molecule has 1 aromatic carbocycles. The monoisotopic (exact) mass is 426 g/mol. The third kappa shape index (κ3) is 6.74. The molecule has 0 amide bonds. The molecule has 31 heavy (non-hydrogen) atoms. The van der Waals surface area contributed by atoms with Gasteiger partial charge < -0.3 is 19.8 Å². The number of carbonyl (C=O) groups is 1. The van der Waals surface area contributed by atoms with E-state index in [2.05, 4.69) is 33.8 Å². The molecule has 0 fully saturated rings. The molecule has 0 aliphatic rings. The number of ether oxygens (including phenoxy) is 2. The summed E-state index contributed by atoms with van der Waals surface area (Å²) in [5.41, 5.74) is 9.32. The second-order valence-electron chi connectivity index (χ2n) is 8.02. The standard InChI is InChI=1S/C25H34N2O4/c1-6-7-14-27-22-16-20(26)11-12-21(22)23(24(25(27)29)31-19(5)28)30-15-13-18(4)10-8-9-17(2)3/h9,11-13,16H,6-8,10,14-15,26H2,1-5H3/b18-13+. The Labute approximate surface area is 184 Å². The van der Waals surface area contributed by atoms with E-state index in [9.17, 15) is 9.59 Å². The van der Waals surface area contributed by atoms with Gasteiger partial charge in [0.25, 0.3) is 5.56 Å². The molecule has 168 valence electrons. The third-order valence-electron chi connectivity index (χ3n) is 4.93. The molecule has 1 heterocycles. The number of aryl methyl sites for hydroxylation is 1. The molecule has 0 radical (unpaired) electrons. The number of carbonyl (C=O) groups excluding carboxylic acids is 1. The van der Waals surface area contributed by atoms with Crippen molar-refractivity contribution in [2.45, 2.75) is 66.8 Å². The van der Waals surface area contributed by atoms with Gasteiger partial charge in [0, 0.05) is 24.5 Å². The molecule has 0 aliphatic heterocycles. The van der Waals surface area contributed by atoms with Gasteiger partial charge in [0.15, 0.2) is 5.75 Å². The van der Waals surface area contributed by atoms with E-state index >= 15 is 0 Å². The summed E-state index contributed by atoms with van der Waals surface area (Å²) in [5.74, 6) is -0.361. The number of hydrogen-bond donors (Lipinski definition) is 1. The average molecular weight is 427 g/mol. The van der Waals surface area contributed by atoms with E-state index < -0.39 is 5.97 Å². The summed E-state index contributed by atoms with van der Waals surface area (Å²) in [5, 5.41) is 0.691. The molecule has 1 aromatic heterocycles. The van der Waals surface area contributed by atoms with Gasteiger partial charge in [-0.15, -0.1) is 0 Å². The number of nitrogen functional groups attached to an aromatic ring is 1. The molecule has 2 aromatic rings. The molecule has 0 atom stereocenters. The lowest BCUT2D eigenvalue weighted by atomic mass is 10.1. The highest BCUT2D eigenvalue weighted by Crippen LogP contribution is 2.34. The number of rotatable bonds is 10. The number of benzene rings is 1. The number of pyridine rings is 1. The highest BCUT2D eigenvalue weighted by atomic mass is 16.6. The maximum Gasteiger partial charge on any atom is 0.308 e. The van der Waals surface area contributed by atoms with Crippen LogP contribution in [0.25, 0.3) is 10.9 Å². The summed E-state index contributed by atoms with van der Waals surface area (Å²) >= 11 is 0. The first-order valence-corrected chi connectivity index (χ1v) is 10.8. The predicted octanol–water partition coefficient (Wildman–Crippen LogP) is 5.38. The zero-order chi connectivity index (χ0) is 23.0. The second-order valence-corrected chi connectivity index (χ2v) is 8.02. The van der Waals surface area contributed by atoms with Crippen molar-refractivity contribution in [2.75, 3.05) is 12.3 Å². The molecule has 0 bridgehead atoms. The lowest BCUT2D eigenvalue weighted by Crippen LogP contribution is -2.25. The van der Waals surface area contributed by atoms with Crippen LogP contribution in [0.5, 0.6) is 11.5 Å². The maximum absolute atomic E-state index is 13.2. The molecule has 0 spiro atoms. The maximum atomic E-state index is 13.2. The van der Waals surface area contributed by atoms with E-state index in [0.29, 0.717) is 23.1 Å². The van der Waals surface area contributed by atoms with E-state index in [-0.39, 0.29) is 23.7 Å². The largest absolute Gasteiger partial charge is 0.485 e. The molecule has 0 unspecified atom stereocenters. The fourth-order valence-corrected chi connectivity index (χ4v) is 3.29. The predicted molar refractivity (Wildman–Crippen MR) is 127 cm³/mol. The van der Waals surface area contributed by atoms with Crippen LogP contribution < -0.4 is 20.8 Å². The van der Waals surface area contributed by atoms with Gasteiger partial charge in [-0.05, 0) is 64.3 Å². The average Bonchev–Trinajstić information content (AvgIpc) is 2.69. The van der Waals surface area contributed by atoms with Crippen molar-refractivity contribution in [3.63, 3.8) is 0 Å². The summed E-state index contributed by atoms with van der Waals surface area (Å²) in [6, 6.07) is 5.32. The van der Waals surface area contributed by atoms with Crippen LogP contribution >= 0.6 is 0 Å². The number of nitrogens with zero attached hydrogens (tertiary/aromatic N) is 1. The zero-order valence-corrected chi connectivity index (χ0v) is 19.3. The Bertz CT molecular complexity index is 1040. The Hall–Kier alpha value is -3.02. The van der Waals surface area contributed by atoms with Gasteiger partial charge in [0.1, 0.15) is 6.61 Å². The van der Waals surface area contributed by atoms with Crippen molar-refractivity contribution < 1.29 is 14.3 Å². The van der Waals surface area contributed by atoms with Gasteiger partial charge >= 0.3 is 5.97 Å². The van der Waals surface area contributed by atoms with Crippen LogP contribution in [-0.4, -0.2) is 17.1 Å². The van der Waals surface area contributed by atoms with Crippen LogP contribution in [0.4, 0.5) is 5.69 Å². The summed E-state index contributed by atoms with van der Waals surface area (Å²) in [4.78, 5) is 24.9. The van der Waals surface area contributed by atoms with Crippen LogP contribution in [0.1, 0.15) is 60.3 Å². The van der Waals surface area contributed by atoms with Crippen molar-refractivity contribution in [2.24, 2.45) is 0 Å². The minimum atomic E-state index is -0.563. The smallest absolute Gasteiger partial charge is 0.308 e. The topological polar surface area (TPSA) is 83.5 Å². The van der Waals surface area contributed by atoms with Crippen LogP contribution in [0.15, 0.2) is 46.3 Å². The molecule has 0 saturated carbocycles. The van der Waals surface area contributed by atoms with E-state index in [1.165, 1.54) is 18.1 Å². The molecule has 6 heteroatoms. The van der Waals surface area contributed by atoms with Gasteiger partial charge in [-0.1, -0.05) is 30.6 Å². The lowest BCUT2D eigenvalue weighted by molar-refractivity contribution is -0.132. The summed E-state index contributed by atoms with van der Waals surface area (Å²) < 4.78 is 12.9.